The largest absolute Gasteiger partial charge is 0.376 e. The minimum atomic E-state index is -0.526. The van der Waals surface area contributed by atoms with E-state index in [2.05, 4.69) is 5.32 Å². The Kier molecular flexibility index (Phi) is 7.38. The van der Waals surface area contributed by atoms with E-state index in [1.54, 1.807) is 0 Å². The molecule has 1 unspecified atom stereocenters. The van der Waals surface area contributed by atoms with Crippen molar-refractivity contribution in [2.45, 2.75) is 45.8 Å². The smallest absolute Gasteiger partial charge is 0.253 e. The second-order valence-corrected chi connectivity index (χ2v) is 6.02. The van der Waals surface area contributed by atoms with Crippen LogP contribution in [0, 0.1) is 0 Å². The summed E-state index contributed by atoms with van der Waals surface area (Å²) in [4.78, 5) is 35.6. The Bertz CT molecular complexity index is 455. The number of rotatable bonds is 10. The Hall–Kier alpha value is -1.73. The molecule has 23 heavy (non-hydrogen) atoms. The SMILES string of the molecule is CCOC(C)COC(C)(C)CNC(=O)CCN1C(=O)C=CC1=O. The fourth-order valence-corrected chi connectivity index (χ4v) is 1.99. The summed E-state index contributed by atoms with van der Waals surface area (Å²) in [7, 11) is 0. The molecule has 1 N–H and O–H groups in total. The van der Waals surface area contributed by atoms with Crippen molar-refractivity contribution in [2.24, 2.45) is 0 Å². The molecule has 0 saturated heterocycles. The van der Waals surface area contributed by atoms with Crippen LogP contribution in [-0.2, 0) is 23.9 Å². The summed E-state index contributed by atoms with van der Waals surface area (Å²) in [5.41, 5.74) is -0.526. The zero-order valence-corrected chi connectivity index (χ0v) is 14.3. The monoisotopic (exact) mass is 326 g/mol. The number of nitrogens with zero attached hydrogens (tertiary/aromatic N) is 1. The lowest BCUT2D eigenvalue weighted by Crippen LogP contribution is -2.43. The molecule has 7 heteroatoms. The first-order valence-electron chi connectivity index (χ1n) is 7.81. The molecule has 0 bridgehead atoms. The first-order valence-corrected chi connectivity index (χ1v) is 7.81. The summed E-state index contributed by atoms with van der Waals surface area (Å²) in [5, 5.41) is 2.76. The molecule has 0 aromatic heterocycles. The molecule has 130 valence electrons. The third-order valence-electron chi connectivity index (χ3n) is 3.33. The third-order valence-corrected chi connectivity index (χ3v) is 3.33. The summed E-state index contributed by atoms with van der Waals surface area (Å²) >= 11 is 0. The number of ether oxygens (including phenoxy) is 2. The van der Waals surface area contributed by atoms with Gasteiger partial charge in [-0.05, 0) is 27.7 Å². The lowest BCUT2D eigenvalue weighted by atomic mass is 10.1. The van der Waals surface area contributed by atoms with Crippen LogP contribution in [0.2, 0.25) is 0 Å². The lowest BCUT2D eigenvalue weighted by Gasteiger charge is -2.27. The number of carbonyl (C=O) groups excluding carboxylic acids is 3. The van der Waals surface area contributed by atoms with Crippen LogP contribution in [0.4, 0.5) is 0 Å². The molecule has 0 aromatic rings. The fourth-order valence-electron chi connectivity index (χ4n) is 1.99. The van der Waals surface area contributed by atoms with E-state index in [-0.39, 0.29) is 36.8 Å². The molecule has 1 aliphatic heterocycles. The second-order valence-electron chi connectivity index (χ2n) is 6.02. The Labute approximate surface area is 137 Å². The molecule has 0 aromatic carbocycles. The highest BCUT2D eigenvalue weighted by molar-refractivity contribution is 6.13. The molecule has 1 aliphatic rings. The Morgan fingerprint density at radius 3 is 2.48 bits per heavy atom. The van der Waals surface area contributed by atoms with E-state index < -0.39 is 5.60 Å². The topological polar surface area (TPSA) is 84.9 Å². The molecular formula is C16H26N2O5. The van der Waals surface area contributed by atoms with Gasteiger partial charge in [0.1, 0.15) is 0 Å². The van der Waals surface area contributed by atoms with Gasteiger partial charge < -0.3 is 14.8 Å². The molecule has 0 spiro atoms. The molecule has 1 atom stereocenters. The van der Waals surface area contributed by atoms with E-state index in [4.69, 9.17) is 9.47 Å². The van der Waals surface area contributed by atoms with Gasteiger partial charge in [-0.15, -0.1) is 0 Å². The summed E-state index contributed by atoms with van der Waals surface area (Å²) in [6.07, 6.45) is 2.48. The maximum Gasteiger partial charge on any atom is 0.253 e. The van der Waals surface area contributed by atoms with E-state index in [9.17, 15) is 14.4 Å². The Balaban J connectivity index is 2.26. The van der Waals surface area contributed by atoms with E-state index in [0.29, 0.717) is 19.8 Å². The van der Waals surface area contributed by atoms with Gasteiger partial charge in [0.2, 0.25) is 5.91 Å². The number of hydrogen-bond donors (Lipinski definition) is 1. The molecule has 1 heterocycles. The lowest BCUT2D eigenvalue weighted by molar-refractivity contribution is -0.137. The predicted octanol–water partition coefficient (Wildman–Crippen LogP) is 0.638. The van der Waals surface area contributed by atoms with Gasteiger partial charge in [0, 0.05) is 38.3 Å². The summed E-state index contributed by atoms with van der Waals surface area (Å²) in [6, 6.07) is 0. The molecular weight excluding hydrogens is 300 g/mol. The maximum absolute atomic E-state index is 11.8. The van der Waals surface area contributed by atoms with Gasteiger partial charge in [0.15, 0.2) is 0 Å². The van der Waals surface area contributed by atoms with E-state index in [1.807, 2.05) is 27.7 Å². The second kappa shape index (κ2) is 8.79. The van der Waals surface area contributed by atoms with Crippen molar-refractivity contribution in [1.82, 2.24) is 10.2 Å². The quantitative estimate of drug-likeness (QED) is 0.596. The van der Waals surface area contributed by atoms with E-state index in [1.165, 1.54) is 12.2 Å². The van der Waals surface area contributed by atoms with Gasteiger partial charge >= 0.3 is 0 Å². The van der Waals surface area contributed by atoms with Crippen LogP contribution >= 0.6 is 0 Å². The van der Waals surface area contributed by atoms with Crippen molar-refractivity contribution >= 4 is 17.7 Å². The summed E-state index contributed by atoms with van der Waals surface area (Å²) in [6.45, 7) is 9.10. The highest BCUT2D eigenvalue weighted by Gasteiger charge is 2.24. The van der Waals surface area contributed by atoms with Gasteiger partial charge in [-0.25, -0.2) is 0 Å². The van der Waals surface area contributed by atoms with Crippen LogP contribution in [-0.4, -0.2) is 60.6 Å². The normalized spacial score (nSPS) is 16.1. The molecule has 7 nitrogen and oxygen atoms in total. The van der Waals surface area contributed by atoms with Crippen LogP contribution in [0.5, 0.6) is 0 Å². The van der Waals surface area contributed by atoms with Crippen molar-refractivity contribution in [2.75, 3.05) is 26.3 Å². The molecule has 0 aliphatic carbocycles. The van der Waals surface area contributed by atoms with Crippen molar-refractivity contribution in [3.8, 4) is 0 Å². The van der Waals surface area contributed by atoms with Crippen LogP contribution in [0.3, 0.4) is 0 Å². The average Bonchev–Trinajstić information content (AvgIpc) is 2.80. The maximum atomic E-state index is 11.8. The van der Waals surface area contributed by atoms with Crippen LogP contribution in [0.15, 0.2) is 12.2 Å². The molecule has 0 saturated carbocycles. The number of carbonyl (C=O) groups is 3. The zero-order valence-electron chi connectivity index (χ0n) is 14.3. The fraction of sp³-hybridized carbons (Fsp3) is 0.688. The Morgan fingerprint density at radius 2 is 1.91 bits per heavy atom. The van der Waals surface area contributed by atoms with E-state index >= 15 is 0 Å². The number of amides is 3. The zero-order chi connectivity index (χ0) is 17.5. The van der Waals surface area contributed by atoms with E-state index in [0.717, 1.165) is 4.90 Å². The minimum absolute atomic E-state index is 0.00494. The standard InChI is InChI=1S/C16H26N2O5/c1-5-22-12(2)10-23-16(3,4)11-17-13(19)8-9-18-14(20)6-7-15(18)21/h6-7,12H,5,8-11H2,1-4H3,(H,17,19). The van der Waals surface area contributed by atoms with Crippen molar-refractivity contribution in [1.29, 1.82) is 0 Å². The first kappa shape index (κ1) is 19.3. The number of nitrogens with one attached hydrogen (secondary N) is 1. The summed E-state index contributed by atoms with van der Waals surface area (Å²) < 4.78 is 11.1. The molecule has 3 amide bonds. The molecule has 1 rings (SSSR count). The highest BCUT2D eigenvalue weighted by Crippen LogP contribution is 2.09. The first-order chi connectivity index (χ1) is 10.7. The van der Waals surface area contributed by atoms with Crippen molar-refractivity contribution in [3.05, 3.63) is 12.2 Å². The van der Waals surface area contributed by atoms with Crippen molar-refractivity contribution < 1.29 is 23.9 Å². The Morgan fingerprint density at radius 1 is 1.30 bits per heavy atom. The van der Waals surface area contributed by atoms with Gasteiger partial charge in [0.25, 0.3) is 11.8 Å². The van der Waals surface area contributed by atoms with Gasteiger partial charge in [-0.3, -0.25) is 19.3 Å². The van der Waals surface area contributed by atoms with Gasteiger partial charge in [-0.1, -0.05) is 0 Å². The number of imide groups is 1. The molecule has 0 radical (unpaired) electrons. The van der Waals surface area contributed by atoms with Crippen LogP contribution in [0.1, 0.15) is 34.1 Å². The predicted molar refractivity (Wildman–Crippen MR) is 84.6 cm³/mol. The van der Waals surface area contributed by atoms with Crippen LogP contribution < -0.4 is 5.32 Å². The van der Waals surface area contributed by atoms with Crippen molar-refractivity contribution in [3.63, 3.8) is 0 Å². The minimum Gasteiger partial charge on any atom is -0.376 e. The van der Waals surface area contributed by atoms with Gasteiger partial charge in [0.05, 0.1) is 18.3 Å². The highest BCUT2D eigenvalue weighted by atomic mass is 16.5. The van der Waals surface area contributed by atoms with Gasteiger partial charge in [-0.2, -0.15) is 0 Å². The third kappa shape index (κ3) is 6.92. The number of hydrogen-bond acceptors (Lipinski definition) is 5. The van der Waals surface area contributed by atoms with Crippen LogP contribution in [0.25, 0.3) is 0 Å². The summed E-state index contributed by atoms with van der Waals surface area (Å²) in [5.74, 6) is -0.986. The molecule has 0 fully saturated rings. The average molecular weight is 326 g/mol.